The summed E-state index contributed by atoms with van der Waals surface area (Å²) in [6.07, 6.45) is 7.63. The van der Waals surface area contributed by atoms with Crippen molar-refractivity contribution in [2.45, 2.75) is 52.7 Å². The van der Waals surface area contributed by atoms with E-state index in [1.165, 1.54) is 5.69 Å². The summed E-state index contributed by atoms with van der Waals surface area (Å²) in [4.78, 5) is 4.26. The minimum atomic E-state index is 0.434. The lowest BCUT2D eigenvalue weighted by atomic mass is 10.1. The summed E-state index contributed by atoms with van der Waals surface area (Å²) in [5.41, 5.74) is 1.25. The molecule has 4 nitrogen and oxygen atoms in total. The second-order valence-corrected chi connectivity index (χ2v) is 5.70. The first-order valence-corrected chi connectivity index (χ1v) is 7.43. The van der Waals surface area contributed by atoms with Gasteiger partial charge in [-0.25, -0.2) is 4.98 Å². The predicted molar refractivity (Wildman–Crippen MR) is 80.4 cm³/mol. The zero-order chi connectivity index (χ0) is 14.4. The third-order valence-electron chi connectivity index (χ3n) is 3.45. The zero-order valence-corrected chi connectivity index (χ0v) is 12.7. The minimum Gasteiger partial charge on any atom is -0.469 e. The predicted octanol–water partition coefficient (Wildman–Crippen LogP) is 3.24. The maximum Gasteiger partial charge on any atom is 0.105 e. The molecule has 0 saturated heterocycles. The van der Waals surface area contributed by atoms with Gasteiger partial charge in [0.25, 0.3) is 0 Å². The molecule has 2 rings (SSSR count). The van der Waals surface area contributed by atoms with Crippen LogP contribution in [-0.4, -0.2) is 15.6 Å². The molecule has 0 amide bonds. The Labute approximate surface area is 121 Å². The molecule has 0 radical (unpaired) electrons. The number of furan rings is 1. The van der Waals surface area contributed by atoms with Crippen molar-refractivity contribution in [1.29, 1.82) is 0 Å². The number of rotatable bonds is 8. The van der Waals surface area contributed by atoms with Crippen molar-refractivity contribution in [2.24, 2.45) is 5.92 Å². The van der Waals surface area contributed by atoms with E-state index in [0.717, 1.165) is 31.7 Å². The van der Waals surface area contributed by atoms with Gasteiger partial charge in [0.05, 0.1) is 18.3 Å². The van der Waals surface area contributed by atoms with E-state index in [-0.39, 0.29) is 0 Å². The molecule has 0 spiro atoms. The number of imidazole rings is 1. The van der Waals surface area contributed by atoms with E-state index in [2.05, 4.69) is 35.6 Å². The molecule has 1 unspecified atom stereocenters. The molecule has 4 heteroatoms. The van der Waals surface area contributed by atoms with E-state index < -0.39 is 0 Å². The fourth-order valence-electron chi connectivity index (χ4n) is 2.33. The summed E-state index contributed by atoms with van der Waals surface area (Å²) in [7, 11) is 0. The molecule has 0 aliphatic heterocycles. The quantitative estimate of drug-likeness (QED) is 0.804. The summed E-state index contributed by atoms with van der Waals surface area (Å²) in [5, 5.41) is 3.60. The highest BCUT2D eigenvalue weighted by atomic mass is 16.3. The lowest BCUT2D eigenvalue weighted by molar-refractivity contribution is 0.422. The van der Waals surface area contributed by atoms with E-state index in [0.29, 0.717) is 12.0 Å². The van der Waals surface area contributed by atoms with Crippen LogP contribution < -0.4 is 5.32 Å². The molecule has 0 aliphatic rings. The average molecular weight is 275 g/mol. The van der Waals surface area contributed by atoms with E-state index in [4.69, 9.17) is 4.42 Å². The van der Waals surface area contributed by atoms with Gasteiger partial charge in [-0.15, -0.1) is 0 Å². The Morgan fingerprint density at radius 1 is 1.40 bits per heavy atom. The van der Waals surface area contributed by atoms with E-state index in [1.54, 1.807) is 6.26 Å². The molecule has 2 aromatic rings. The van der Waals surface area contributed by atoms with Gasteiger partial charge < -0.3 is 14.3 Å². The van der Waals surface area contributed by atoms with Crippen LogP contribution in [0.2, 0.25) is 0 Å². The van der Waals surface area contributed by atoms with E-state index in [1.807, 2.05) is 24.7 Å². The maximum atomic E-state index is 5.42. The Kier molecular flexibility index (Phi) is 5.41. The molecule has 0 bridgehead atoms. The standard InChI is InChI=1S/C16H25N3O/c1-4-14(8-16-6-5-7-20-16)18-10-15-9-17-12-19(15)11-13(2)3/h5-7,9,12-14,18H,4,8,10-11H2,1-3H3. The van der Waals surface area contributed by atoms with Gasteiger partial charge in [0.15, 0.2) is 0 Å². The van der Waals surface area contributed by atoms with Crippen molar-refractivity contribution < 1.29 is 4.42 Å². The lowest BCUT2D eigenvalue weighted by Gasteiger charge is -2.17. The maximum absolute atomic E-state index is 5.42. The molecule has 2 heterocycles. The highest BCUT2D eigenvalue weighted by Crippen LogP contribution is 2.09. The van der Waals surface area contributed by atoms with Crippen LogP contribution in [0.25, 0.3) is 0 Å². The van der Waals surface area contributed by atoms with Gasteiger partial charge in [-0.05, 0) is 24.5 Å². The van der Waals surface area contributed by atoms with Crippen molar-refractivity contribution in [1.82, 2.24) is 14.9 Å². The third-order valence-corrected chi connectivity index (χ3v) is 3.45. The normalized spacial score (nSPS) is 13.0. The van der Waals surface area contributed by atoms with Crippen LogP contribution >= 0.6 is 0 Å². The van der Waals surface area contributed by atoms with Gasteiger partial charge in [-0.1, -0.05) is 20.8 Å². The van der Waals surface area contributed by atoms with Gasteiger partial charge >= 0.3 is 0 Å². The molecule has 0 fully saturated rings. The van der Waals surface area contributed by atoms with Gasteiger partial charge in [0.1, 0.15) is 5.76 Å². The van der Waals surface area contributed by atoms with Crippen LogP contribution in [0.1, 0.15) is 38.6 Å². The Morgan fingerprint density at radius 3 is 2.90 bits per heavy atom. The van der Waals surface area contributed by atoms with Crippen molar-refractivity contribution in [3.63, 3.8) is 0 Å². The first-order chi connectivity index (χ1) is 9.69. The second-order valence-electron chi connectivity index (χ2n) is 5.70. The summed E-state index contributed by atoms with van der Waals surface area (Å²) in [5.74, 6) is 1.67. The van der Waals surface area contributed by atoms with Crippen LogP contribution in [0.3, 0.4) is 0 Å². The average Bonchev–Trinajstić information content (AvgIpc) is 3.05. The van der Waals surface area contributed by atoms with Crippen molar-refractivity contribution in [3.05, 3.63) is 42.4 Å². The topological polar surface area (TPSA) is 43.0 Å². The minimum absolute atomic E-state index is 0.434. The Morgan fingerprint density at radius 2 is 2.25 bits per heavy atom. The van der Waals surface area contributed by atoms with Gasteiger partial charge in [0.2, 0.25) is 0 Å². The van der Waals surface area contributed by atoms with Crippen LogP contribution in [-0.2, 0) is 19.5 Å². The number of hydrogen-bond acceptors (Lipinski definition) is 3. The molecule has 20 heavy (non-hydrogen) atoms. The summed E-state index contributed by atoms with van der Waals surface area (Å²) in [6.45, 7) is 8.52. The fourth-order valence-corrected chi connectivity index (χ4v) is 2.33. The molecule has 2 aromatic heterocycles. The Balaban J connectivity index is 1.88. The second kappa shape index (κ2) is 7.29. The number of aromatic nitrogens is 2. The first kappa shape index (κ1) is 14.9. The highest BCUT2D eigenvalue weighted by molar-refractivity contribution is 5.02. The summed E-state index contributed by atoms with van der Waals surface area (Å²) in [6, 6.07) is 4.41. The van der Waals surface area contributed by atoms with Crippen molar-refractivity contribution in [3.8, 4) is 0 Å². The number of nitrogens with one attached hydrogen (secondary N) is 1. The number of hydrogen-bond donors (Lipinski definition) is 1. The first-order valence-electron chi connectivity index (χ1n) is 7.43. The molecule has 0 saturated carbocycles. The molecular weight excluding hydrogens is 250 g/mol. The molecule has 1 N–H and O–H groups in total. The summed E-state index contributed by atoms with van der Waals surface area (Å²) >= 11 is 0. The Bertz CT molecular complexity index is 488. The van der Waals surface area contributed by atoms with E-state index >= 15 is 0 Å². The Hall–Kier alpha value is -1.55. The molecule has 0 aliphatic carbocycles. The third kappa shape index (κ3) is 4.23. The molecular formula is C16H25N3O. The highest BCUT2D eigenvalue weighted by Gasteiger charge is 2.10. The lowest BCUT2D eigenvalue weighted by Crippen LogP contribution is -2.30. The van der Waals surface area contributed by atoms with Gasteiger partial charge in [-0.3, -0.25) is 0 Å². The zero-order valence-electron chi connectivity index (χ0n) is 12.7. The molecule has 110 valence electrons. The number of nitrogens with zero attached hydrogens (tertiary/aromatic N) is 2. The molecule has 0 aromatic carbocycles. The van der Waals surface area contributed by atoms with E-state index in [9.17, 15) is 0 Å². The van der Waals surface area contributed by atoms with Crippen LogP contribution in [0, 0.1) is 5.92 Å². The SMILES string of the molecule is CCC(Cc1ccco1)NCc1cncn1CC(C)C. The smallest absolute Gasteiger partial charge is 0.105 e. The van der Waals surface area contributed by atoms with Crippen LogP contribution in [0.4, 0.5) is 0 Å². The van der Waals surface area contributed by atoms with Crippen molar-refractivity contribution >= 4 is 0 Å². The van der Waals surface area contributed by atoms with Crippen molar-refractivity contribution in [2.75, 3.05) is 0 Å². The summed E-state index contributed by atoms with van der Waals surface area (Å²) < 4.78 is 7.66. The van der Waals surface area contributed by atoms with Crippen LogP contribution in [0.5, 0.6) is 0 Å². The monoisotopic (exact) mass is 275 g/mol. The van der Waals surface area contributed by atoms with Gasteiger partial charge in [-0.2, -0.15) is 0 Å². The van der Waals surface area contributed by atoms with Gasteiger partial charge in [0, 0.05) is 31.7 Å². The van der Waals surface area contributed by atoms with Crippen LogP contribution in [0.15, 0.2) is 35.3 Å². The fraction of sp³-hybridized carbons (Fsp3) is 0.562. The largest absolute Gasteiger partial charge is 0.469 e. The molecule has 1 atom stereocenters.